The molecule has 11 heavy (non-hydrogen) atoms. The summed E-state index contributed by atoms with van der Waals surface area (Å²) >= 11 is 0.545. The molecule has 1 atom stereocenters. The molecule has 0 spiro atoms. The number of rotatable bonds is 4. The van der Waals surface area contributed by atoms with E-state index >= 15 is 0 Å². The first-order chi connectivity index (χ1) is 4.95. The van der Waals surface area contributed by atoms with Crippen LogP contribution >= 0.6 is 12.0 Å². The lowest BCUT2D eigenvalue weighted by atomic mass is 10.1. The van der Waals surface area contributed by atoms with Crippen molar-refractivity contribution in [3.8, 4) is 0 Å². The lowest BCUT2D eigenvalue weighted by molar-refractivity contribution is 0.307. The van der Waals surface area contributed by atoms with E-state index in [0.717, 1.165) is 0 Å². The van der Waals surface area contributed by atoms with Crippen LogP contribution in [0.3, 0.4) is 0 Å². The fourth-order valence-corrected chi connectivity index (χ4v) is 0.836. The normalized spacial score (nSPS) is 15.0. The first-order valence-corrected chi connectivity index (χ1v) is 4.55. The maximum absolute atomic E-state index is 12.7. The Bertz CT molecular complexity index is 105. The summed E-state index contributed by atoms with van der Waals surface area (Å²) in [6.45, 7) is 6.24. The average molecular weight is 181 g/mol. The van der Waals surface area contributed by atoms with Crippen molar-refractivity contribution in [1.29, 1.82) is 0 Å². The van der Waals surface area contributed by atoms with Gasteiger partial charge in [0, 0.05) is 12.1 Å². The molecule has 0 radical (unpaired) electrons. The van der Waals surface area contributed by atoms with Gasteiger partial charge in [-0.05, 0) is 32.8 Å². The van der Waals surface area contributed by atoms with E-state index in [0.29, 0.717) is 18.6 Å². The van der Waals surface area contributed by atoms with Gasteiger partial charge in [-0.2, -0.15) is 0 Å². The van der Waals surface area contributed by atoms with Crippen molar-refractivity contribution < 1.29 is 8.94 Å². The molecule has 0 saturated carbocycles. The van der Waals surface area contributed by atoms with E-state index in [9.17, 15) is 4.39 Å². The topological polar surface area (TPSA) is 32.3 Å². The summed E-state index contributed by atoms with van der Waals surface area (Å²) < 4.78 is 21.0. The van der Waals surface area contributed by atoms with Gasteiger partial charge in [0.25, 0.3) is 0 Å². The molecular formula is C7H16FNOS. The molecule has 0 aromatic rings. The molecule has 0 amide bonds. The Labute approximate surface area is 71.8 Å². The minimum absolute atomic E-state index is 0.0511. The van der Waals surface area contributed by atoms with Crippen LogP contribution < -0.4 is 5.32 Å². The maximum Gasteiger partial charge on any atom is 0.124 e. The van der Waals surface area contributed by atoms with Gasteiger partial charge in [-0.3, -0.25) is 0 Å². The fraction of sp³-hybridized carbons (Fsp3) is 1.00. The Kier molecular flexibility index (Phi) is 5.04. The van der Waals surface area contributed by atoms with E-state index in [1.807, 2.05) is 20.8 Å². The van der Waals surface area contributed by atoms with Gasteiger partial charge in [-0.15, -0.1) is 0 Å². The molecule has 0 aliphatic carbocycles. The first-order valence-electron chi connectivity index (χ1n) is 3.61. The van der Waals surface area contributed by atoms with Crippen LogP contribution in [0.5, 0.6) is 0 Å². The summed E-state index contributed by atoms with van der Waals surface area (Å²) in [4.78, 5) is 0. The van der Waals surface area contributed by atoms with Crippen molar-refractivity contribution in [2.75, 3.05) is 12.3 Å². The zero-order valence-corrected chi connectivity index (χ0v) is 8.04. The van der Waals surface area contributed by atoms with E-state index in [2.05, 4.69) is 5.32 Å². The third kappa shape index (κ3) is 8.10. The van der Waals surface area contributed by atoms with E-state index < -0.39 is 6.17 Å². The van der Waals surface area contributed by atoms with E-state index in [-0.39, 0.29) is 11.3 Å². The van der Waals surface area contributed by atoms with E-state index in [4.69, 9.17) is 4.55 Å². The second-order valence-electron chi connectivity index (χ2n) is 3.52. The summed E-state index contributed by atoms with van der Waals surface area (Å²) in [5, 5.41) is 3.01. The summed E-state index contributed by atoms with van der Waals surface area (Å²) in [6, 6.07) is 0. The molecule has 0 heterocycles. The smallest absolute Gasteiger partial charge is 0.124 e. The third-order valence-electron chi connectivity index (χ3n) is 1.11. The fourth-order valence-electron chi connectivity index (χ4n) is 0.557. The Hall–Kier alpha value is 0.200. The number of hydrogen-bond acceptors (Lipinski definition) is 3. The Morgan fingerprint density at radius 1 is 1.55 bits per heavy atom. The van der Waals surface area contributed by atoms with E-state index in [1.54, 1.807) is 0 Å². The highest BCUT2D eigenvalue weighted by Crippen LogP contribution is 2.03. The van der Waals surface area contributed by atoms with Crippen molar-refractivity contribution >= 4 is 12.0 Å². The minimum Gasteiger partial charge on any atom is -0.330 e. The second kappa shape index (κ2) is 4.95. The monoisotopic (exact) mass is 181 g/mol. The Morgan fingerprint density at radius 3 is 2.45 bits per heavy atom. The van der Waals surface area contributed by atoms with Crippen LogP contribution in [-0.4, -0.2) is 28.6 Å². The summed E-state index contributed by atoms with van der Waals surface area (Å²) in [5.41, 5.74) is -0.0511. The zero-order valence-electron chi connectivity index (χ0n) is 7.22. The van der Waals surface area contributed by atoms with Crippen LogP contribution in [0, 0.1) is 0 Å². The molecule has 0 aromatic heterocycles. The largest absolute Gasteiger partial charge is 0.330 e. The van der Waals surface area contributed by atoms with Gasteiger partial charge < -0.3 is 9.87 Å². The predicted octanol–water partition coefficient (Wildman–Crippen LogP) is 1.92. The molecule has 4 heteroatoms. The van der Waals surface area contributed by atoms with Crippen molar-refractivity contribution in [2.45, 2.75) is 32.5 Å². The number of hydrogen-bond donors (Lipinski definition) is 2. The standard InChI is InChI=1S/C7H16FNOS/c1-7(2,3)9-4-6(8)5-11-10/h6,9-10H,4-5H2,1-3H3. The minimum atomic E-state index is -0.968. The lowest BCUT2D eigenvalue weighted by Gasteiger charge is -2.21. The van der Waals surface area contributed by atoms with Gasteiger partial charge in [-0.25, -0.2) is 4.39 Å². The summed E-state index contributed by atoms with van der Waals surface area (Å²) in [6.07, 6.45) is -0.968. The highest BCUT2D eigenvalue weighted by atomic mass is 32.2. The molecule has 2 nitrogen and oxygen atoms in total. The van der Waals surface area contributed by atoms with Gasteiger partial charge in [-0.1, -0.05) is 0 Å². The first kappa shape index (κ1) is 11.2. The lowest BCUT2D eigenvalue weighted by Crippen LogP contribution is -2.40. The number of halogens is 1. The van der Waals surface area contributed by atoms with E-state index in [1.165, 1.54) is 0 Å². The zero-order chi connectivity index (χ0) is 8.91. The van der Waals surface area contributed by atoms with Crippen LogP contribution in [0.4, 0.5) is 4.39 Å². The van der Waals surface area contributed by atoms with Crippen molar-refractivity contribution in [3.05, 3.63) is 0 Å². The molecule has 0 fully saturated rings. The quantitative estimate of drug-likeness (QED) is 0.650. The van der Waals surface area contributed by atoms with Crippen molar-refractivity contribution in [1.82, 2.24) is 5.32 Å². The number of alkyl halides is 1. The second-order valence-corrected chi connectivity index (χ2v) is 4.12. The molecule has 0 bridgehead atoms. The summed E-state index contributed by atoms with van der Waals surface area (Å²) in [5.74, 6) is 0.142. The van der Waals surface area contributed by atoms with Crippen molar-refractivity contribution in [2.24, 2.45) is 0 Å². The SMILES string of the molecule is CC(C)(C)NCC(F)CSO. The maximum atomic E-state index is 12.7. The predicted molar refractivity (Wildman–Crippen MR) is 47.7 cm³/mol. The molecular weight excluding hydrogens is 165 g/mol. The van der Waals surface area contributed by atoms with Gasteiger partial charge in [0.05, 0.1) is 5.75 Å². The Morgan fingerprint density at radius 2 is 2.09 bits per heavy atom. The van der Waals surface area contributed by atoms with Crippen LogP contribution in [0.2, 0.25) is 0 Å². The average Bonchev–Trinajstić information content (AvgIpc) is 1.83. The highest BCUT2D eigenvalue weighted by Gasteiger charge is 2.12. The van der Waals surface area contributed by atoms with Gasteiger partial charge in [0.1, 0.15) is 6.17 Å². The van der Waals surface area contributed by atoms with Crippen LogP contribution in [0.15, 0.2) is 0 Å². The van der Waals surface area contributed by atoms with Gasteiger partial charge in [0.2, 0.25) is 0 Å². The van der Waals surface area contributed by atoms with Crippen LogP contribution in [0.1, 0.15) is 20.8 Å². The molecule has 1 unspecified atom stereocenters. The molecule has 2 N–H and O–H groups in total. The van der Waals surface area contributed by atoms with Crippen LogP contribution in [0.25, 0.3) is 0 Å². The number of nitrogens with one attached hydrogen (secondary N) is 1. The summed E-state index contributed by atoms with van der Waals surface area (Å²) in [7, 11) is 0. The molecule has 0 aliphatic rings. The third-order valence-corrected chi connectivity index (χ3v) is 1.62. The molecule has 0 aliphatic heterocycles. The van der Waals surface area contributed by atoms with Crippen LogP contribution in [-0.2, 0) is 0 Å². The molecule has 0 aromatic carbocycles. The molecule has 0 rings (SSSR count). The van der Waals surface area contributed by atoms with Crippen molar-refractivity contribution in [3.63, 3.8) is 0 Å². The molecule has 68 valence electrons. The molecule has 0 saturated heterocycles. The Balaban J connectivity index is 3.38. The van der Waals surface area contributed by atoms with Gasteiger partial charge >= 0.3 is 0 Å². The van der Waals surface area contributed by atoms with Gasteiger partial charge in [0.15, 0.2) is 0 Å². The highest BCUT2D eigenvalue weighted by molar-refractivity contribution is 7.93.